The van der Waals surface area contributed by atoms with Crippen molar-refractivity contribution in [1.29, 1.82) is 0 Å². The maximum atomic E-state index is 13.8. The third kappa shape index (κ3) is 7.61. The average Bonchev–Trinajstić information content (AvgIpc) is 3.32. The number of ether oxygens (including phenoxy) is 5. The van der Waals surface area contributed by atoms with Crippen molar-refractivity contribution in [2.45, 2.75) is 117 Å². The molecule has 55 heavy (non-hydrogen) atoms. The van der Waals surface area contributed by atoms with E-state index in [0.717, 1.165) is 49.7 Å². The van der Waals surface area contributed by atoms with E-state index in [2.05, 4.69) is 86.4 Å². The quantitative estimate of drug-likeness (QED) is 0.155. The van der Waals surface area contributed by atoms with Crippen LogP contribution in [0.4, 0.5) is 0 Å². The first kappa shape index (κ1) is 39.2. The Morgan fingerprint density at radius 2 is 1.36 bits per heavy atom. The Labute approximate surface area is 324 Å². The predicted molar refractivity (Wildman–Crippen MR) is 212 cm³/mol. The predicted octanol–water partition coefficient (Wildman–Crippen LogP) is 10.0. The molecule has 2 aromatic heterocycles. The minimum atomic E-state index is -2.24. The number of carbonyl (C=O) groups excluding carboxylic acids is 1. The highest BCUT2D eigenvalue weighted by Gasteiger charge is 2.54. The van der Waals surface area contributed by atoms with Crippen molar-refractivity contribution >= 4 is 36.1 Å². The number of hydrogen-bond acceptors (Lipinski definition) is 10. The molecule has 0 aliphatic carbocycles. The Morgan fingerprint density at radius 3 is 1.89 bits per heavy atom. The summed E-state index contributed by atoms with van der Waals surface area (Å²) in [6.45, 7) is 21.8. The summed E-state index contributed by atoms with van der Waals surface area (Å²) in [6, 6.07) is 19.1. The summed E-state index contributed by atoms with van der Waals surface area (Å²) >= 11 is 0. The maximum absolute atomic E-state index is 13.8. The number of rotatable bonds is 6. The zero-order valence-electron chi connectivity index (χ0n) is 33.6. The molecule has 4 heterocycles. The molecule has 0 radical (unpaired) electrons. The molecule has 0 amide bonds. The Bertz CT molecular complexity index is 2150. The first-order valence-electron chi connectivity index (χ1n) is 18.8. The molecular weight excluding hydrogens is 717 g/mol. The van der Waals surface area contributed by atoms with Crippen LogP contribution < -0.4 is 4.52 Å². The van der Waals surface area contributed by atoms with Gasteiger partial charge in [-0.2, -0.15) is 0 Å². The molecular formula is C44H52NO9P. The monoisotopic (exact) mass is 769 g/mol. The van der Waals surface area contributed by atoms with Gasteiger partial charge in [0.25, 0.3) is 0 Å². The standard InChI is InChI=1S/C44H52NO9P/c1-24-21-29(43(5,6)7)35-33(26(24)3)34-27(4)25(2)22-30(44(8,9)10)36(34)53-55(52-35)54-39-38(50-40(46)31-19-15-16-20-45-31)37-32(49-42(39)47-11)23-48-41(51-37)28-17-13-12-14-18-28/h12-22,32,37-39,41-42H,23H2,1-11H3/t32-,37-,38+,39-,41?,42+/m1/s1. The molecule has 2 aliphatic heterocycles. The van der Waals surface area contributed by atoms with Crippen LogP contribution in [0.5, 0.6) is 0 Å². The number of benzene rings is 3. The molecule has 6 atom stereocenters. The Hall–Kier alpha value is -4.02. The summed E-state index contributed by atoms with van der Waals surface area (Å²) < 4.78 is 52.6. The molecule has 5 aromatic rings. The van der Waals surface area contributed by atoms with Crippen molar-refractivity contribution in [2.24, 2.45) is 0 Å². The van der Waals surface area contributed by atoms with Crippen molar-refractivity contribution in [3.63, 3.8) is 0 Å². The molecule has 7 rings (SSSR count). The van der Waals surface area contributed by atoms with Crippen LogP contribution in [0.15, 0.2) is 75.3 Å². The van der Waals surface area contributed by atoms with Crippen molar-refractivity contribution in [1.82, 2.24) is 4.98 Å². The molecule has 0 saturated carbocycles. The average molecular weight is 770 g/mol. The van der Waals surface area contributed by atoms with Gasteiger partial charge in [-0.3, -0.25) is 4.52 Å². The fraction of sp³-hybridized carbons (Fsp3) is 0.455. The number of aryl methyl sites for hydroxylation is 4. The molecule has 2 aliphatic rings. The number of nitrogens with zero attached hydrogens (tertiary/aromatic N) is 1. The molecule has 10 nitrogen and oxygen atoms in total. The summed E-state index contributed by atoms with van der Waals surface area (Å²) in [5.41, 5.74) is 8.32. The zero-order chi connectivity index (χ0) is 39.4. The first-order chi connectivity index (χ1) is 26.1. The number of fused-ring (bicyclic) bond motifs is 4. The van der Waals surface area contributed by atoms with Gasteiger partial charge in [-0.25, -0.2) is 9.78 Å². The maximum Gasteiger partial charge on any atom is 0.388 e. The van der Waals surface area contributed by atoms with Gasteiger partial charge in [0.2, 0.25) is 0 Å². The third-order valence-corrected chi connectivity index (χ3v) is 11.8. The summed E-state index contributed by atoms with van der Waals surface area (Å²) in [4.78, 5) is 18.1. The lowest BCUT2D eigenvalue weighted by molar-refractivity contribution is -0.351. The number of hydrogen-bond donors (Lipinski definition) is 0. The summed E-state index contributed by atoms with van der Waals surface area (Å²) in [5.74, 6) is -0.644. The highest BCUT2D eigenvalue weighted by molar-refractivity contribution is 7.31. The van der Waals surface area contributed by atoms with Gasteiger partial charge < -0.3 is 32.1 Å². The van der Waals surface area contributed by atoms with E-state index in [1.165, 1.54) is 7.11 Å². The second-order valence-electron chi connectivity index (χ2n) is 16.7. The highest BCUT2D eigenvalue weighted by atomic mass is 31.1. The third-order valence-electron chi connectivity index (χ3n) is 10.7. The van der Waals surface area contributed by atoms with Gasteiger partial charge in [0.05, 0.1) is 6.61 Å². The molecule has 3 aromatic carbocycles. The van der Waals surface area contributed by atoms with Gasteiger partial charge in [0.1, 0.15) is 29.1 Å². The van der Waals surface area contributed by atoms with E-state index in [0.29, 0.717) is 11.2 Å². The Balaban J connectivity index is 1.46. The minimum absolute atomic E-state index is 0.141. The van der Waals surface area contributed by atoms with Gasteiger partial charge in [0.15, 0.2) is 24.8 Å². The number of carbonyl (C=O) groups is 1. The lowest BCUT2D eigenvalue weighted by Crippen LogP contribution is -2.64. The van der Waals surface area contributed by atoms with E-state index in [4.69, 9.17) is 36.6 Å². The van der Waals surface area contributed by atoms with Crippen LogP contribution in [0.3, 0.4) is 0 Å². The lowest BCUT2D eigenvalue weighted by Gasteiger charge is -2.47. The lowest BCUT2D eigenvalue weighted by atomic mass is 9.81. The second kappa shape index (κ2) is 15.1. The molecule has 0 N–H and O–H groups in total. The normalized spacial score (nSPS) is 23.1. The largest absolute Gasteiger partial charge is 0.452 e. The van der Waals surface area contributed by atoms with Crippen LogP contribution in [0.25, 0.3) is 21.9 Å². The van der Waals surface area contributed by atoms with E-state index in [1.54, 1.807) is 24.4 Å². The summed E-state index contributed by atoms with van der Waals surface area (Å²) in [5, 5.41) is 1.97. The Morgan fingerprint density at radius 1 is 0.782 bits per heavy atom. The van der Waals surface area contributed by atoms with Gasteiger partial charge in [-0.1, -0.05) is 90.1 Å². The number of aromatic nitrogens is 1. The molecule has 0 bridgehead atoms. The number of esters is 1. The van der Waals surface area contributed by atoms with Crippen LogP contribution in [-0.4, -0.2) is 55.4 Å². The van der Waals surface area contributed by atoms with Crippen molar-refractivity contribution in [3.8, 4) is 0 Å². The van der Waals surface area contributed by atoms with Crippen LogP contribution in [0, 0.1) is 27.7 Å². The van der Waals surface area contributed by atoms with Crippen molar-refractivity contribution < 1.29 is 41.4 Å². The molecule has 292 valence electrons. The fourth-order valence-corrected chi connectivity index (χ4v) is 8.65. The van der Waals surface area contributed by atoms with Gasteiger partial charge in [0, 0.05) is 40.8 Å². The van der Waals surface area contributed by atoms with Gasteiger partial charge >= 0.3 is 14.2 Å². The molecule has 2 saturated heterocycles. The number of pyridine rings is 1. The zero-order valence-corrected chi connectivity index (χ0v) is 34.5. The van der Waals surface area contributed by atoms with E-state index in [1.807, 2.05) is 30.3 Å². The molecule has 11 heteroatoms. The van der Waals surface area contributed by atoms with Crippen LogP contribution in [-0.2, 0) is 34.5 Å². The fourth-order valence-electron chi connectivity index (χ4n) is 7.43. The molecule has 1 unspecified atom stereocenters. The van der Waals surface area contributed by atoms with Crippen LogP contribution in [0.1, 0.15) is 97.3 Å². The summed E-state index contributed by atoms with van der Waals surface area (Å²) in [6.07, 6.45) is -3.76. The summed E-state index contributed by atoms with van der Waals surface area (Å²) in [7, 11) is -0.712. The second-order valence-corrected chi connectivity index (χ2v) is 17.7. The molecule has 0 spiro atoms. The van der Waals surface area contributed by atoms with Gasteiger partial charge in [-0.05, 0) is 72.9 Å². The van der Waals surface area contributed by atoms with E-state index < -0.39 is 51.2 Å². The van der Waals surface area contributed by atoms with Gasteiger partial charge in [-0.15, -0.1) is 0 Å². The Kier molecular flexibility index (Phi) is 10.8. The smallest absolute Gasteiger partial charge is 0.388 e. The molecule has 2 fully saturated rings. The van der Waals surface area contributed by atoms with E-state index in [-0.39, 0.29) is 23.1 Å². The van der Waals surface area contributed by atoms with E-state index in [9.17, 15) is 4.79 Å². The first-order valence-corrected chi connectivity index (χ1v) is 19.9. The van der Waals surface area contributed by atoms with Crippen LogP contribution in [0.2, 0.25) is 0 Å². The van der Waals surface area contributed by atoms with Crippen molar-refractivity contribution in [2.75, 3.05) is 13.7 Å². The minimum Gasteiger partial charge on any atom is -0.452 e. The number of methoxy groups -OCH3 is 1. The topological polar surface area (TPSA) is 112 Å². The highest BCUT2D eigenvalue weighted by Crippen LogP contribution is 2.47. The van der Waals surface area contributed by atoms with E-state index >= 15 is 0 Å². The van der Waals surface area contributed by atoms with Crippen LogP contribution >= 0.6 is 8.24 Å². The van der Waals surface area contributed by atoms with Crippen molar-refractivity contribution in [3.05, 3.63) is 111 Å². The SMILES string of the molecule is CO[C@H]1O[C@@H]2COC(c3ccccc3)O[C@H]2[C@H](OC(=O)c2ccccn2)[C@H]1Op1oc2c(C(C)(C)C)cc(C)c(C)c2c2c(C)c(C)cc(C(C)(C)C)c2o1.